The molecule has 10 heteroatoms. The van der Waals surface area contributed by atoms with E-state index in [4.69, 9.17) is 18.9 Å². The summed E-state index contributed by atoms with van der Waals surface area (Å²) in [7, 11) is 6.93. The van der Waals surface area contributed by atoms with Crippen LogP contribution in [0, 0.1) is 13.8 Å². The number of thiophene rings is 6. The van der Waals surface area contributed by atoms with E-state index < -0.39 is 0 Å². The molecule has 0 aromatic carbocycles. The lowest BCUT2D eigenvalue weighted by molar-refractivity contribution is 0.413. The molecule has 6 aromatic heterocycles. The summed E-state index contributed by atoms with van der Waals surface area (Å²) in [6.07, 6.45) is 0. The molecule has 0 aliphatic carbocycles. The van der Waals surface area contributed by atoms with Crippen LogP contribution in [0.25, 0.3) is 48.8 Å². The molecular formula is C30H26O4S6. The molecule has 0 unspecified atom stereocenters. The largest absolute Gasteiger partial charge is 0.495 e. The second-order valence-corrected chi connectivity index (χ2v) is 15.6. The Morgan fingerprint density at radius 3 is 1.30 bits per heavy atom. The van der Waals surface area contributed by atoms with Crippen LogP contribution >= 0.6 is 68.0 Å². The fraction of sp³-hybridized carbons (Fsp3) is 0.200. The first-order valence-corrected chi connectivity index (χ1v) is 17.2. The fourth-order valence-electron chi connectivity index (χ4n) is 4.39. The van der Waals surface area contributed by atoms with Crippen molar-refractivity contribution in [2.75, 3.05) is 28.4 Å². The molecule has 0 saturated carbocycles. The molecule has 0 aliphatic rings. The Hall–Kier alpha value is -2.60. The lowest BCUT2D eigenvalue weighted by atomic mass is 10.3. The van der Waals surface area contributed by atoms with Gasteiger partial charge in [0.2, 0.25) is 0 Å². The van der Waals surface area contributed by atoms with E-state index in [1.54, 1.807) is 96.5 Å². The minimum Gasteiger partial charge on any atom is -0.495 e. The van der Waals surface area contributed by atoms with E-state index in [1.165, 1.54) is 34.1 Å². The summed E-state index contributed by atoms with van der Waals surface area (Å²) in [4.78, 5) is 14.1. The van der Waals surface area contributed by atoms with Crippen LogP contribution in [0.5, 0.6) is 23.0 Å². The quantitative estimate of drug-likeness (QED) is 0.157. The number of aryl methyl sites for hydroxylation is 2. The van der Waals surface area contributed by atoms with Crippen LogP contribution in [0.1, 0.15) is 9.75 Å². The van der Waals surface area contributed by atoms with Gasteiger partial charge in [0.25, 0.3) is 0 Å². The summed E-state index contributed by atoms with van der Waals surface area (Å²) < 4.78 is 23.2. The van der Waals surface area contributed by atoms with Gasteiger partial charge >= 0.3 is 0 Å². The smallest absolute Gasteiger partial charge is 0.139 e. The van der Waals surface area contributed by atoms with E-state index in [9.17, 15) is 0 Å². The third-order valence-corrected chi connectivity index (χ3v) is 13.7. The van der Waals surface area contributed by atoms with Gasteiger partial charge in [-0.25, -0.2) is 0 Å². The minimum absolute atomic E-state index is 0.849. The topological polar surface area (TPSA) is 36.9 Å². The molecule has 0 bridgehead atoms. The predicted octanol–water partition coefficient (Wildman–Crippen LogP) is 11.0. The first-order chi connectivity index (χ1) is 19.4. The first kappa shape index (κ1) is 27.6. The van der Waals surface area contributed by atoms with Crippen LogP contribution < -0.4 is 18.9 Å². The summed E-state index contributed by atoms with van der Waals surface area (Å²) in [5.41, 5.74) is 0. The molecule has 0 aliphatic heterocycles. The van der Waals surface area contributed by atoms with Crippen molar-refractivity contribution in [3.05, 3.63) is 58.3 Å². The zero-order valence-corrected chi connectivity index (χ0v) is 27.6. The van der Waals surface area contributed by atoms with Crippen molar-refractivity contribution in [2.45, 2.75) is 13.8 Å². The Bertz CT molecular complexity index is 1790. The maximum atomic E-state index is 5.87. The minimum atomic E-state index is 0.849. The standard InChI is InChI=1S/C30H26O4S6/c1-15-7-8-21(35-15)24-13-19(33-5)29(39-24)30-20(34-6)14-26(40-30)25-12-18(32-4)28(38-25)23-10-9-22(37-23)27-17(31-3)11-16(2)36-27/h7-14H,1-6H3. The van der Waals surface area contributed by atoms with Crippen LogP contribution in [0.15, 0.2) is 48.5 Å². The molecule has 0 spiro atoms. The SMILES string of the molecule is COc1cc(C)sc1-c1ccc(-c2sc(-c3cc(OC)c(-c4sc(-c5ccc(C)s5)cc4OC)s3)cc2OC)s1. The highest BCUT2D eigenvalue weighted by Gasteiger charge is 2.23. The zero-order valence-electron chi connectivity index (χ0n) is 22.7. The van der Waals surface area contributed by atoms with E-state index >= 15 is 0 Å². The Balaban J connectivity index is 1.38. The molecule has 4 nitrogen and oxygen atoms in total. The van der Waals surface area contributed by atoms with Crippen molar-refractivity contribution in [1.29, 1.82) is 0 Å². The highest BCUT2D eigenvalue weighted by atomic mass is 32.1. The highest BCUT2D eigenvalue weighted by molar-refractivity contribution is 7.31. The lowest BCUT2D eigenvalue weighted by Gasteiger charge is -2.02. The van der Waals surface area contributed by atoms with E-state index in [1.807, 2.05) is 0 Å². The molecule has 6 aromatic rings. The van der Waals surface area contributed by atoms with Gasteiger partial charge in [-0.15, -0.1) is 68.0 Å². The number of methoxy groups -OCH3 is 4. The average molecular weight is 643 g/mol. The van der Waals surface area contributed by atoms with Gasteiger partial charge in [-0.05, 0) is 44.2 Å². The van der Waals surface area contributed by atoms with Gasteiger partial charge in [0.05, 0.1) is 47.9 Å². The molecule has 206 valence electrons. The van der Waals surface area contributed by atoms with Gasteiger partial charge in [-0.2, -0.15) is 0 Å². The number of ether oxygens (including phenoxy) is 4. The molecule has 0 radical (unpaired) electrons. The molecule has 0 N–H and O–H groups in total. The van der Waals surface area contributed by atoms with Crippen LogP contribution in [0.2, 0.25) is 0 Å². The summed E-state index contributed by atoms with van der Waals surface area (Å²) in [6.45, 7) is 4.24. The fourth-order valence-corrected chi connectivity index (χ4v) is 11.1. The van der Waals surface area contributed by atoms with E-state index in [0.717, 1.165) is 47.4 Å². The second-order valence-electron chi connectivity index (χ2n) is 8.85. The summed E-state index contributed by atoms with van der Waals surface area (Å²) >= 11 is 10.5. The Morgan fingerprint density at radius 2 is 0.800 bits per heavy atom. The summed E-state index contributed by atoms with van der Waals surface area (Å²) in [6, 6.07) is 17.2. The summed E-state index contributed by atoms with van der Waals surface area (Å²) in [5.74, 6) is 3.52. The number of hydrogen-bond donors (Lipinski definition) is 0. The maximum Gasteiger partial charge on any atom is 0.139 e. The third-order valence-electron chi connectivity index (χ3n) is 6.28. The van der Waals surface area contributed by atoms with Gasteiger partial charge in [0, 0.05) is 57.2 Å². The van der Waals surface area contributed by atoms with Crippen molar-refractivity contribution in [3.63, 3.8) is 0 Å². The normalized spacial score (nSPS) is 11.2. The molecule has 6 rings (SSSR count). The van der Waals surface area contributed by atoms with Gasteiger partial charge < -0.3 is 18.9 Å². The molecule has 0 amide bonds. The van der Waals surface area contributed by atoms with Crippen LogP contribution in [-0.2, 0) is 0 Å². The Morgan fingerprint density at radius 1 is 0.375 bits per heavy atom. The van der Waals surface area contributed by atoms with Crippen molar-refractivity contribution < 1.29 is 18.9 Å². The van der Waals surface area contributed by atoms with Crippen LogP contribution in [0.4, 0.5) is 0 Å². The zero-order chi connectivity index (χ0) is 28.0. The molecule has 0 saturated heterocycles. The second kappa shape index (κ2) is 11.3. The molecule has 0 fully saturated rings. The van der Waals surface area contributed by atoms with Crippen LogP contribution in [-0.4, -0.2) is 28.4 Å². The van der Waals surface area contributed by atoms with Crippen LogP contribution in [0.3, 0.4) is 0 Å². The summed E-state index contributed by atoms with van der Waals surface area (Å²) in [5, 5.41) is 0. The van der Waals surface area contributed by atoms with Gasteiger partial charge in [-0.1, -0.05) is 0 Å². The van der Waals surface area contributed by atoms with Crippen molar-refractivity contribution in [2.24, 2.45) is 0 Å². The Labute approximate surface area is 257 Å². The lowest BCUT2D eigenvalue weighted by Crippen LogP contribution is -1.84. The monoisotopic (exact) mass is 642 g/mol. The average Bonchev–Trinajstić information content (AvgIpc) is 3.78. The molecular weight excluding hydrogens is 617 g/mol. The number of rotatable bonds is 9. The first-order valence-electron chi connectivity index (χ1n) is 12.3. The van der Waals surface area contributed by atoms with E-state index in [0.29, 0.717) is 0 Å². The van der Waals surface area contributed by atoms with Crippen molar-refractivity contribution in [3.8, 4) is 71.8 Å². The Kier molecular flexibility index (Phi) is 7.82. The van der Waals surface area contributed by atoms with E-state index in [-0.39, 0.29) is 0 Å². The van der Waals surface area contributed by atoms with Gasteiger partial charge in [0.1, 0.15) is 23.0 Å². The maximum absolute atomic E-state index is 5.87. The van der Waals surface area contributed by atoms with Gasteiger partial charge in [0.15, 0.2) is 0 Å². The predicted molar refractivity (Wildman–Crippen MR) is 177 cm³/mol. The van der Waals surface area contributed by atoms with E-state index in [2.05, 4.69) is 62.4 Å². The van der Waals surface area contributed by atoms with Gasteiger partial charge in [-0.3, -0.25) is 0 Å². The molecule has 40 heavy (non-hydrogen) atoms. The van der Waals surface area contributed by atoms with Crippen molar-refractivity contribution in [1.82, 2.24) is 0 Å². The molecule has 6 heterocycles. The number of hydrogen-bond acceptors (Lipinski definition) is 10. The molecule has 0 atom stereocenters. The van der Waals surface area contributed by atoms with Crippen molar-refractivity contribution >= 4 is 68.0 Å². The third kappa shape index (κ3) is 5.01. The highest BCUT2D eigenvalue weighted by Crippen LogP contribution is 2.54.